The van der Waals surface area contributed by atoms with E-state index in [4.69, 9.17) is 0 Å². The Hall–Kier alpha value is -1.10. The van der Waals surface area contributed by atoms with Gasteiger partial charge < -0.3 is 10.2 Å². The molecule has 5 heteroatoms. The first-order valence-electron chi connectivity index (χ1n) is 8.03. The average molecular weight is 297 g/mol. The van der Waals surface area contributed by atoms with Crippen molar-refractivity contribution in [2.75, 3.05) is 33.2 Å². The van der Waals surface area contributed by atoms with Crippen molar-refractivity contribution in [2.45, 2.75) is 46.6 Å². The van der Waals surface area contributed by atoms with Crippen molar-refractivity contribution in [3.8, 4) is 0 Å². The lowest BCUT2D eigenvalue weighted by Gasteiger charge is -2.28. The Morgan fingerprint density at radius 3 is 2.00 bits per heavy atom. The third-order valence-corrected chi connectivity index (χ3v) is 3.28. The van der Waals surface area contributed by atoms with Gasteiger partial charge in [-0.05, 0) is 31.7 Å². The van der Waals surface area contributed by atoms with E-state index in [0.717, 1.165) is 25.9 Å². The van der Waals surface area contributed by atoms with Crippen LogP contribution >= 0.6 is 0 Å². The standard InChI is InChI=1S/C16H31N3O2/c1-12(2)8-19(9-13(3)4)16(21)11-18(5)10-15(20)17-14-6-7-14/h12-14H,6-11H2,1-5H3,(H,17,20). The molecule has 1 N–H and O–H groups in total. The molecule has 5 nitrogen and oxygen atoms in total. The van der Waals surface area contributed by atoms with Gasteiger partial charge in [-0.1, -0.05) is 27.7 Å². The fourth-order valence-electron chi connectivity index (χ4n) is 2.29. The number of hydrogen-bond acceptors (Lipinski definition) is 3. The third kappa shape index (κ3) is 8.05. The maximum absolute atomic E-state index is 12.4. The minimum atomic E-state index is 0.0204. The molecule has 0 spiro atoms. The first-order valence-corrected chi connectivity index (χ1v) is 8.03. The number of amides is 2. The summed E-state index contributed by atoms with van der Waals surface area (Å²) >= 11 is 0. The zero-order valence-corrected chi connectivity index (χ0v) is 14.2. The first-order chi connectivity index (χ1) is 9.77. The zero-order valence-electron chi connectivity index (χ0n) is 14.2. The van der Waals surface area contributed by atoms with Gasteiger partial charge in [-0.15, -0.1) is 0 Å². The Bertz CT molecular complexity index is 341. The summed E-state index contributed by atoms with van der Waals surface area (Å²) in [7, 11) is 1.83. The van der Waals surface area contributed by atoms with Crippen LogP contribution in [0.4, 0.5) is 0 Å². The van der Waals surface area contributed by atoms with Crippen molar-refractivity contribution in [1.82, 2.24) is 15.1 Å². The summed E-state index contributed by atoms with van der Waals surface area (Å²) < 4.78 is 0. The molecule has 1 saturated carbocycles. The maximum Gasteiger partial charge on any atom is 0.236 e. The molecular formula is C16H31N3O2. The lowest BCUT2D eigenvalue weighted by Crippen LogP contribution is -2.45. The van der Waals surface area contributed by atoms with Crippen LogP contribution in [-0.4, -0.2) is 60.9 Å². The van der Waals surface area contributed by atoms with Gasteiger partial charge in [0.15, 0.2) is 0 Å². The van der Waals surface area contributed by atoms with Gasteiger partial charge in [0.1, 0.15) is 0 Å². The molecule has 0 heterocycles. The molecule has 2 amide bonds. The van der Waals surface area contributed by atoms with Crippen molar-refractivity contribution in [3.05, 3.63) is 0 Å². The Kier molecular flexibility index (Phi) is 7.15. The normalized spacial score (nSPS) is 14.9. The van der Waals surface area contributed by atoms with Crippen LogP contribution in [0.3, 0.4) is 0 Å². The summed E-state index contributed by atoms with van der Waals surface area (Å²) in [6.07, 6.45) is 2.18. The number of hydrogen-bond donors (Lipinski definition) is 1. The summed E-state index contributed by atoms with van der Waals surface area (Å²) in [5.74, 6) is 1.04. The van der Waals surface area contributed by atoms with Gasteiger partial charge in [0, 0.05) is 19.1 Å². The highest BCUT2D eigenvalue weighted by Gasteiger charge is 2.24. The van der Waals surface area contributed by atoms with E-state index in [1.54, 1.807) is 4.90 Å². The monoisotopic (exact) mass is 297 g/mol. The van der Waals surface area contributed by atoms with E-state index < -0.39 is 0 Å². The molecule has 0 aromatic heterocycles. The topological polar surface area (TPSA) is 52.7 Å². The van der Waals surface area contributed by atoms with E-state index in [9.17, 15) is 9.59 Å². The first kappa shape index (κ1) is 18.0. The van der Waals surface area contributed by atoms with Crippen molar-refractivity contribution < 1.29 is 9.59 Å². The number of carbonyl (C=O) groups is 2. The van der Waals surface area contributed by atoms with Crippen LogP contribution in [0.25, 0.3) is 0 Å². The van der Waals surface area contributed by atoms with Crippen LogP contribution in [0.2, 0.25) is 0 Å². The summed E-state index contributed by atoms with van der Waals surface area (Å²) in [4.78, 5) is 27.8. The molecule has 1 rings (SSSR count). The number of nitrogens with zero attached hydrogens (tertiary/aromatic N) is 2. The molecule has 1 aliphatic carbocycles. The Morgan fingerprint density at radius 1 is 1.05 bits per heavy atom. The van der Waals surface area contributed by atoms with Crippen LogP contribution in [0.15, 0.2) is 0 Å². The van der Waals surface area contributed by atoms with E-state index in [-0.39, 0.29) is 11.8 Å². The summed E-state index contributed by atoms with van der Waals surface area (Å²) in [6.45, 7) is 10.6. The largest absolute Gasteiger partial charge is 0.352 e. The second-order valence-corrected chi connectivity index (χ2v) is 7.10. The molecular weight excluding hydrogens is 266 g/mol. The highest BCUT2D eigenvalue weighted by molar-refractivity contribution is 5.81. The van der Waals surface area contributed by atoms with Gasteiger partial charge in [-0.2, -0.15) is 0 Å². The molecule has 0 aromatic rings. The van der Waals surface area contributed by atoms with E-state index >= 15 is 0 Å². The fourth-order valence-corrected chi connectivity index (χ4v) is 2.29. The fraction of sp³-hybridized carbons (Fsp3) is 0.875. The van der Waals surface area contributed by atoms with E-state index in [1.165, 1.54) is 0 Å². The molecule has 0 aromatic carbocycles. The Labute approximate surface area is 129 Å². The van der Waals surface area contributed by atoms with E-state index in [0.29, 0.717) is 31.0 Å². The van der Waals surface area contributed by atoms with Crippen LogP contribution in [0, 0.1) is 11.8 Å². The number of likely N-dealkylation sites (N-methyl/N-ethyl adjacent to an activating group) is 1. The van der Waals surface area contributed by atoms with Crippen LogP contribution in [0.5, 0.6) is 0 Å². The predicted octanol–water partition coefficient (Wildman–Crippen LogP) is 1.34. The highest BCUT2D eigenvalue weighted by Crippen LogP contribution is 2.18. The lowest BCUT2D eigenvalue weighted by molar-refractivity contribution is -0.133. The molecule has 0 saturated heterocycles. The minimum absolute atomic E-state index is 0.0204. The lowest BCUT2D eigenvalue weighted by atomic mass is 10.1. The molecule has 21 heavy (non-hydrogen) atoms. The second kappa shape index (κ2) is 8.37. The molecule has 0 bridgehead atoms. The minimum Gasteiger partial charge on any atom is -0.352 e. The van der Waals surface area contributed by atoms with Gasteiger partial charge in [0.25, 0.3) is 0 Å². The number of rotatable bonds is 9. The molecule has 0 aliphatic heterocycles. The second-order valence-electron chi connectivity index (χ2n) is 7.10. The van der Waals surface area contributed by atoms with Crippen LogP contribution in [0.1, 0.15) is 40.5 Å². The van der Waals surface area contributed by atoms with Crippen LogP contribution in [-0.2, 0) is 9.59 Å². The maximum atomic E-state index is 12.4. The molecule has 0 unspecified atom stereocenters. The third-order valence-electron chi connectivity index (χ3n) is 3.28. The molecule has 122 valence electrons. The molecule has 1 fully saturated rings. The average Bonchev–Trinajstić information content (AvgIpc) is 3.09. The SMILES string of the molecule is CC(C)CN(CC(C)C)C(=O)CN(C)CC(=O)NC1CC1. The van der Waals surface area contributed by atoms with E-state index in [2.05, 4.69) is 33.0 Å². The van der Waals surface area contributed by atoms with E-state index in [1.807, 2.05) is 11.9 Å². The quantitative estimate of drug-likeness (QED) is 0.699. The van der Waals surface area contributed by atoms with Crippen molar-refractivity contribution in [2.24, 2.45) is 11.8 Å². The summed E-state index contributed by atoms with van der Waals surface area (Å²) in [5, 5.41) is 2.95. The zero-order chi connectivity index (χ0) is 16.0. The molecule has 1 aliphatic rings. The number of carbonyl (C=O) groups excluding carboxylic acids is 2. The van der Waals surface area contributed by atoms with Crippen molar-refractivity contribution in [1.29, 1.82) is 0 Å². The molecule has 0 atom stereocenters. The Morgan fingerprint density at radius 2 is 1.57 bits per heavy atom. The van der Waals surface area contributed by atoms with Crippen molar-refractivity contribution in [3.63, 3.8) is 0 Å². The molecule has 0 radical (unpaired) electrons. The number of nitrogens with one attached hydrogen (secondary N) is 1. The van der Waals surface area contributed by atoms with Gasteiger partial charge >= 0.3 is 0 Å². The van der Waals surface area contributed by atoms with Gasteiger partial charge in [-0.3, -0.25) is 14.5 Å². The van der Waals surface area contributed by atoms with Crippen molar-refractivity contribution >= 4 is 11.8 Å². The predicted molar refractivity (Wildman–Crippen MR) is 84.9 cm³/mol. The van der Waals surface area contributed by atoms with Gasteiger partial charge in [0.05, 0.1) is 13.1 Å². The Balaban J connectivity index is 2.40. The summed E-state index contributed by atoms with van der Waals surface area (Å²) in [6, 6.07) is 0.375. The smallest absolute Gasteiger partial charge is 0.236 e. The van der Waals surface area contributed by atoms with Crippen LogP contribution < -0.4 is 5.32 Å². The van der Waals surface area contributed by atoms with Gasteiger partial charge in [0.2, 0.25) is 11.8 Å². The summed E-state index contributed by atoms with van der Waals surface area (Å²) in [5.41, 5.74) is 0. The highest BCUT2D eigenvalue weighted by atomic mass is 16.2. The van der Waals surface area contributed by atoms with Gasteiger partial charge in [-0.25, -0.2) is 0 Å².